The molecule has 0 spiro atoms. The van der Waals surface area contributed by atoms with Crippen molar-refractivity contribution in [2.45, 2.75) is 6.61 Å². The molecule has 0 amide bonds. The minimum absolute atomic E-state index is 0.234. The van der Waals surface area contributed by atoms with Crippen molar-refractivity contribution in [3.05, 3.63) is 54.1 Å². The second kappa shape index (κ2) is 4.61. The summed E-state index contributed by atoms with van der Waals surface area (Å²) in [7, 11) is 0. The monoisotopic (exact) mass is 257 g/mol. The Kier molecular flexibility index (Phi) is 2.79. The maximum atomic E-state index is 13.5. The fourth-order valence-corrected chi connectivity index (χ4v) is 1.87. The van der Waals surface area contributed by atoms with E-state index in [1.807, 2.05) is 6.07 Å². The molecule has 19 heavy (non-hydrogen) atoms. The van der Waals surface area contributed by atoms with E-state index in [1.165, 1.54) is 6.07 Å². The molecule has 1 aromatic heterocycles. The van der Waals surface area contributed by atoms with Gasteiger partial charge in [-0.2, -0.15) is 0 Å². The van der Waals surface area contributed by atoms with Crippen molar-refractivity contribution in [3.8, 4) is 5.75 Å². The van der Waals surface area contributed by atoms with E-state index in [-0.39, 0.29) is 12.4 Å². The van der Waals surface area contributed by atoms with Crippen LogP contribution in [0.15, 0.2) is 42.5 Å². The average molecular weight is 257 g/mol. The van der Waals surface area contributed by atoms with Gasteiger partial charge >= 0.3 is 0 Å². The molecule has 3 rings (SSSR count). The Bertz CT molecular complexity index is 724. The molecule has 0 saturated carbocycles. The lowest BCUT2D eigenvalue weighted by Gasteiger charge is -2.04. The number of anilines is 1. The van der Waals surface area contributed by atoms with Gasteiger partial charge in [-0.05, 0) is 24.3 Å². The number of ether oxygens (including phenoxy) is 1. The van der Waals surface area contributed by atoms with Gasteiger partial charge in [-0.1, -0.05) is 12.1 Å². The van der Waals surface area contributed by atoms with E-state index in [0.29, 0.717) is 28.3 Å². The van der Waals surface area contributed by atoms with Gasteiger partial charge in [-0.15, -0.1) is 0 Å². The first kappa shape index (κ1) is 11.5. The first-order valence-corrected chi connectivity index (χ1v) is 5.84. The lowest BCUT2D eigenvalue weighted by molar-refractivity contribution is 0.297. The first-order chi connectivity index (χ1) is 9.22. The summed E-state index contributed by atoms with van der Waals surface area (Å²) in [4.78, 5) is 7.18. The van der Waals surface area contributed by atoms with E-state index in [4.69, 9.17) is 10.5 Å². The Morgan fingerprint density at radius 3 is 2.84 bits per heavy atom. The number of nitrogens with two attached hydrogens (primary N) is 1. The van der Waals surface area contributed by atoms with Crippen LogP contribution < -0.4 is 10.5 Å². The van der Waals surface area contributed by atoms with Crippen molar-refractivity contribution in [2.75, 3.05) is 5.73 Å². The molecule has 0 atom stereocenters. The van der Waals surface area contributed by atoms with Crippen LogP contribution in [0.1, 0.15) is 5.82 Å². The number of hydrogen-bond donors (Lipinski definition) is 2. The lowest BCUT2D eigenvalue weighted by atomic mass is 10.3. The average Bonchev–Trinajstić information content (AvgIpc) is 2.81. The van der Waals surface area contributed by atoms with E-state index in [0.717, 1.165) is 0 Å². The largest absolute Gasteiger partial charge is 0.486 e. The second-order valence-corrected chi connectivity index (χ2v) is 4.18. The van der Waals surface area contributed by atoms with E-state index in [2.05, 4.69) is 9.97 Å². The third kappa shape index (κ3) is 2.35. The Morgan fingerprint density at radius 1 is 1.21 bits per heavy atom. The summed E-state index contributed by atoms with van der Waals surface area (Å²) < 4.78 is 19.0. The van der Waals surface area contributed by atoms with Crippen LogP contribution >= 0.6 is 0 Å². The Labute approximate surface area is 109 Å². The van der Waals surface area contributed by atoms with Crippen molar-refractivity contribution < 1.29 is 9.13 Å². The Morgan fingerprint density at radius 2 is 2.05 bits per heavy atom. The molecule has 0 aliphatic rings. The van der Waals surface area contributed by atoms with Gasteiger partial charge < -0.3 is 15.5 Å². The van der Waals surface area contributed by atoms with Gasteiger partial charge in [0.05, 0.1) is 5.52 Å². The predicted octanol–water partition coefficient (Wildman–Crippen LogP) is 2.86. The standard InChI is InChI=1S/C14H12FN3O/c15-11-5-2-6-12-14(11)18-13(17-12)8-19-10-4-1-3-9(16)7-10/h1-7H,8,16H2,(H,17,18). The highest BCUT2D eigenvalue weighted by molar-refractivity contribution is 5.75. The predicted molar refractivity (Wildman–Crippen MR) is 71.2 cm³/mol. The number of fused-ring (bicyclic) bond motifs is 1. The summed E-state index contributed by atoms with van der Waals surface area (Å²) in [6, 6.07) is 11.9. The number of imidazole rings is 1. The molecule has 0 radical (unpaired) electrons. The fraction of sp³-hybridized carbons (Fsp3) is 0.0714. The zero-order valence-electron chi connectivity index (χ0n) is 10.1. The SMILES string of the molecule is Nc1cccc(OCc2nc3c(F)cccc3[nH]2)c1. The van der Waals surface area contributed by atoms with Gasteiger partial charge in [0, 0.05) is 11.8 Å². The van der Waals surface area contributed by atoms with Gasteiger partial charge in [0.15, 0.2) is 5.82 Å². The summed E-state index contributed by atoms with van der Waals surface area (Å²) in [6.45, 7) is 0.234. The molecule has 0 unspecified atom stereocenters. The first-order valence-electron chi connectivity index (χ1n) is 5.84. The number of halogens is 1. The molecule has 1 heterocycles. The van der Waals surface area contributed by atoms with E-state index >= 15 is 0 Å². The number of nitrogens with zero attached hydrogens (tertiary/aromatic N) is 1. The smallest absolute Gasteiger partial charge is 0.151 e. The highest BCUT2D eigenvalue weighted by atomic mass is 19.1. The van der Waals surface area contributed by atoms with E-state index in [9.17, 15) is 4.39 Å². The normalized spacial score (nSPS) is 10.8. The van der Waals surface area contributed by atoms with Crippen LogP contribution in [0.25, 0.3) is 11.0 Å². The quantitative estimate of drug-likeness (QED) is 0.709. The van der Waals surface area contributed by atoms with Crippen LogP contribution in [0.5, 0.6) is 5.75 Å². The highest BCUT2D eigenvalue weighted by Gasteiger charge is 2.07. The molecule has 0 saturated heterocycles. The molecule has 0 bridgehead atoms. The maximum Gasteiger partial charge on any atom is 0.151 e. The maximum absolute atomic E-state index is 13.5. The zero-order valence-corrected chi connectivity index (χ0v) is 10.1. The number of rotatable bonds is 3. The van der Waals surface area contributed by atoms with Crippen LogP contribution in [-0.4, -0.2) is 9.97 Å². The summed E-state index contributed by atoms with van der Waals surface area (Å²) in [5.41, 5.74) is 7.27. The summed E-state index contributed by atoms with van der Waals surface area (Å²) in [6.07, 6.45) is 0. The van der Waals surface area contributed by atoms with Crippen molar-refractivity contribution in [1.29, 1.82) is 0 Å². The number of aromatic nitrogens is 2. The van der Waals surface area contributed by atoms with Gasteiger partial charge in [-0.3, -0.25) is 0 Å². The summed E-state index contributed by atoms with van der Waals surface area (Å²) in [5, 5.41) is 0. The highest BCUT2D eigenvalue weighted by Crippen LogP contribution is 2.18. The van der Waals surface area contributed by atoms with Crippen LogP contribution in [-0.2, 0) is 6.61 Å². The van der Waals surface area contributed by atoms with E-state index < -0.39 is 0 Å². The van der Waals surface area contributed by atoms with Crippen molar-refractivity contribution in [1.82, 2.24) is 9.97 Å². The number of hydrogen-bond acceptors (Lipinski definition) is 3. The van der Waals surface area contributed by atoms with Crippen molar-refractivity contribution >= 4 is 16.7 Å². The summed E-state index contributed by atoms with van der Waals surface area (Å²) >= 11 is 0. The van der Waals surface area contributed by atoms with E-state index in [1.54, 1.807) is 30.3 Å². The fourth-order valence-electron chi connectivity index (χ4n) is 1.87. The van der Waals surface area contributed by atoms with Gasteiger partial charge in [-0.25, -0.2) is 9.37 Å². The molecule has 3 N–H and O–H groups in total. The molecule has 0 fully saturated rings. The molecular formula is C14H12FN3O. The molecule has 4 nitrogen and oxygen atoms in total. The second-order valence-electron chi connectivity index (χ2n) is 4.18. The minimum Gasteiger partial charge on any atom is -0.486 e. The van der Waals surface area contributed by atoms with Crippen LogP contribution in [0, 0.1) is 5.82 Å². The number of H-pyrrole nitrogens is 1. The van der Waals surface area contributed by atoms with Gasteiger partial charge in [0.2, 0.25) is 0 Å². The minimum atomic E-state index is -0.344. The topological polar surface area (TPSA) is 63.9 Å². The third-order valence-corrected chi connectivity index (χ3v) is 2.75. The molecule has 0 aliphatic carbocycles. The van der Waals surface area contributed by atoms with Crippen molar-refractivity contribution in [3.63, 3.8) is 0 Å². The summed E-state index contributed by atoms with van der Waals surface area (Å²) in [5.74, 6) is 0.882. The van der Waals surface area contributed by atoms with Crippen LogP contribution in [0.3, 0.4) is 0 Å². The molecule has 2 aromatic carbocycles. The Balaban J connectivity index is 1.80. The Hall–Kier alpha value is -2.56. The van der Waals surface area contributed by atoms with Crippen LogP contribution in [0.2, 0.25) is 0 Å². The van der Waals surface area contributed by atoms with Crippen molar-refractivity contribution in [2.24, 2.45) is 0 Å². The molecular weight excluding hydrogens is 245 g/mol. The number of aromatic amines is 1. The third-order valence-electron chi connectivity index (χ3n) is 2.75. The number of para-hydroxylation sites is 1. The van der Waals surface area contributed by atoms with Gasteiger partial charge in [0.25, 0.3) is 0 Å². The molecule has 3 aromatic rings. The molecule has 5 heteroatoms. The number of nitrogen functional groups attached to an aromatic ring is 1. The number of nitrogens with one attached hydrogen (secondary N) is 1. The van der Waals surface area contributed by atoms with Crippen LogP contribution in [0.4, 0.5) is 10.1 Å². The van der Waals surface area contributed by atoms with Gasteiger partial charge in [0.1, 0.15) is 23.7 Å². The zero-order chi connectivity index (χ0) is 13.2. The lowest BCUT2D eigenvalue weighted by Crippen LogP contribution is -1.97. The number of benzene rings is 2. The molecule has 96 valence electrons. The molecule has 0 aliphatic heterocycles.